The van der Waals surface area contributed by atoms with Gasteiger partial charge >= 0.3 is 0 Å². The minimum absolute atomic E-state index is 0.150. The molecule has 1 aliphatic rings. The van der Waals surface area contributed by atoms with Crippen LogP contribution < -0.4 is 19.1 Å². The molecular weight excluding hydrogens is 440 g/mol. The fourth-order valence-electron chi connectivity index (χ4n) is 2.84. The average molecular weight is 459 g/mol. The second-order valence-corrected chi connectivity index (χ2v) is 9.37. The predicted octanol–water partition coefficient (Wildman–Crippen LogP) is 3.15. The number of carbonyl (C=O) groups is 1. The summed E-state index contributed by atoms with van der Waals surface area (Å²) in [6.45, 7) is 0. The van der Waals surface area contributed by atoms with E-state index in [0.29, 0.717) is 27.9 Å². The van der Waals surface area contributed by atoms with Crippen LogP contribution in [0.4, 0.5) is 11.4 Å². The van der Waals surface area contributed by atoms with Crippen molar-refractivity contribution in [3.8, 4) is 17.4 Å². The number of thioether (sulfide) groups is 1. The Balaban J connectivity index is 1.54. The molecule has 1 aliphatic heterocycles. The molecular formula is C20H18N4O5S2. The molecule has 1 N–H and O–H groups in total. The van der Waals surface area contributed by atoms with Crippen molar-refractivity contribution < 1.29 is 22.7 Å². The van der Waals surface area contributed by atoms with Crippen LogP contribution in [0.3, 0.4) is 0 Å². The highest BCUT2D eigenvalue weighted by Gasteiger charge is 2.23. The van der Waals surface area contributed by atoms with E-state index in [1.807, 2.05) is 0 Å². The SMILES string of the molecule is COc1ccc(S(=O)(=O)N(C)c2ccc(Oc3ncnc4c3NC(=O)CS4)cc2)cc1. The minimum atomic E-state index is -3.74. The molecule has 11 heteroatoms. The highest BCUT2D eigenvalue weighted by molar-refractivity contribution is 8.00. The summed E-state index contributed by atoms with van der Waals surface area (Å²) in [6.07, 6.45) is 1.36. The van der Waals surface area contributed by atoms with E-state index in [4.69, 9.17) is 9.47 Å². The van der Waals surface area contributed by atoms with Crippen molar-refractivity contribution >= 4 is 39.1 Å². The zero-order valence-electron chi connectivity index (χ0n) is 16.6. The molecule has 2 heterocycles. The number of amides is 1. The second-order valence-electron chi connectivity index (χ2n) is 6.44. The summed E-state index contributed by atoms with van der Waals surface area (Å²) < 4.78 is 37.8. The summed E-state index contributed by atoms with van der Waals surface area (Å²) in [7, 11) is -0.748. The van der Waals surface area contributed by atoms with Gasteiger partial charge in [-0.25, -0.2) is 13.4 Å². The largest absolute Gasteiger partial charge is 0.497 e. The van der Waals surface area contributed by atoms with Crippen LogP contribution in [-0.2, 0) is 14.8 Å². The molecule has 4 rings (SSSR count). The first kappa shape index (κ1) is 20.9. The Labute approximate surface area is 183 Å². The lowest BCUT2D eigenvalue weighted by Crippen LogP contribution is -2.26. The quantitative estimate of drug-likeness (QED) is 0.561. The first-order chi connectivity index (χ1) is 14.9. The van der Waals surface area contributed by atoms with Gasteiger partial charge in [-0.15, -0.1) is 0 Å². The molecule has 3 aromatic rings. The van der Waals surface area contributed by atoms with Gasteiger partial charge in [0.15, 0.2) is 0 Å². The van der Waals surface area contributed by atoms with E-state index in [2.05, 4.69) is 15.3 Å². The predicted molar refractivity (Wildman–Crippen MR) is 116 cm³/mol. The average Bonchev–Trinajstić information content (AvgIpc) is 2.79. The van der Waals surface area contributed by atoms with Gasteiger partial charge < -0.3 is 14.8 Å². The highest BCUT2D eigenvalue weighted by atomic mass is 32.2. The van der Waals surface area contributed by atoms with Crippen molar-refractivity contribution in [1.82, 2.24) is 9.97 Å². The summed E-state index contributed by atoms with van der Waals surface area (Å²) >= 11 is 1.31. The Kier molecular flexibility index (Phi) is 5.70. The first-order valence-electron chi connectivity index (χ1n) is 9.07. The fraction of sp³-hybridized carbons (Fsp3) is 0.150. The number of benzene rings is 2. The number of nitrogens with zero attached hydrogens (tertiary/aromatic N) is 3. The molecule has 1 amide bonds. The van der Waals surface area contributed by atoms with Gasteiger partial charge in [-0.2, -0.15) is 4.98 Å². The van der Waals surface area contributed by atoms with Gasteiger partial charge in [-0.3, -0.25) is 9.10 Å². The van der Waals surface area contributed by atoms with E-state index in [1.54, 1.807) is 36.4 Å². The number of fused-ring (bicyclic) bond motifs is 1. The summed E-state index contributed by atoms with van der Waals surface area (Å²) in [4.78, 5) is 20.1. The van der Waals surface area contributed by atoms with E-state index in [1.165, 1.54) is 48.7 Å². The molecule has 0 radical (unpaired) electrons. The van der Waals surface area contributed by atoms with Crippen molar-refractivity contribution in [3.63, 3.8) is 0 Å². The summed E-state index contributed by atoms with van der Waals surface area (Å²) in [6, 6.07) is 12.7. The summed E-state index contributed by atoms with van der Waals surface area (Å²) in [5, 5.41) is 3.35. The van der Waals surface area contributed by atoms with Crippen molar-refractivity contribution in [2.24, 2.45) is 0 Å². The number of ether oxygens (including phenoxy) is 2. The molecule has 0 saturated heterocycles. The van der Waals surface area contributed by atoms with E-state index < -0.39 is 10.0 Å². The molecule has 1 aromatic heterocycles. The minimum Gasteiger partial charge on any atom is -0.497 e. The number of hydrogen-bond acceptors (Lipinski definition) is 8. The van der Waals surface area contributed by atoms with Gasteiger partial charge in [0.1, 0.15) is 28.5 Å². The topological polar surface area (TPSA) is 111 Å². The van der Waals surface area contributed by atoms with Gasteiger partial charge in [-0.05, 0) is 48.5 Å². The monoisotopic (exact) mass is 458 g/mol. The maximum atomic E-state index is 12.9. The molecule has 2 aromatic carbocycles. The lowest BCUT2D eigenvalue weighted by Gasteiger charge is -2.20. The Morgan fingerprint density at radius 2 is 1.71 bits per heavy atom. The summed E-state index contributed by atoms with van der Waals surface area (Å²) in [5.74, 6) is 1.36. The van der Waals surface area contributed by atoms with Crippen molar-refractivity contribution in [1.29, 1.82) is 0 Å². The molecule has 0 atom stereocenters. The van der Waals surface area contributed by atoms with E-state index in [9.17, 15) is 13.2 Å². The standard InChI is InChI=1S/C20H18N4O5S2/c1-24(31(26,27)16-9-7-14(28-2)8-10-16)13-3-5-15(6-4-13)29-19-18-20(22-12-21-19)30-11-17(25)23-18/h3-10,12H,11H2,1-2H3,(H,23,25). The third-order valence-electron chi connectivity index (χ3n) is 4.51. The van der Waals surface area contributed by atoms with Crippen LogP contribution in [0.1, 0.15) is 0 Å². The third kappa shape index (κ3) is 4.28. The highest BCUT2D eigenvalue weighted by Crippen LogP contribution is 2.37. The zero-order valence-corrected chi connectivity index (χ0v) is 18.2. The van der Waals surface area contributed by atoms with Crippen LogP contribution in [0.15, 0.2) is 64.8 Å². The van der Waals surface area contributed by atoms with Gasteiger partial charge in [0, 0.05) is 7.05 Å². The van der Waals surface area contributed by atoms with Crippen LogP contribution in [0.25, 0.3) is 0 Å². The van der Waals surface area contributed by atoms with Crippen molar-refractivity contribution in [2.45, 2.75) is 9.92 Å². The lowest BCUT2D eigenvalue weighted by atomic mass is 10.3. The van der Waals surface area contributed by atoms with Crippen LogP contribution in [0.2, 0.25) is 0 Å². The number of nitrogens with one attached hydrogen (secondary N) is 1. The number of rotatable bonds is 6. The second kappa shape index (κ2) is 8.44. The molecule has 9 nitrogen and oxygen atoms in total. The fourth-order valence-corrected chi connectivity index (χ4v) is 4.78. The Morgan fingerprint density at radius 3 is 2.39 bits per heavy atom. The number of anilines is 2. The first-order valence-corrected chi connectivity index (χ1v) is 11.5. The molecule has 0 spiro atoms. The Bertz CT molecular complexity index is 1220. The third-order valence-corrected chi connectivity index (χ3v) is 7.30. The number of methoxy groups -OCH3 is 1. The van der Waals surface area contributed by atoms with Gasteiger partial charge in [0.2, 0.25) is 11.8 Å². The van der Waals surface area contributed by atoms with E-state index in [-0.39, 0.29) is 22.4 Å². The van der Waals surface area contributed by atoms with Crippen LogP contribution >= 0.6 is 11.8 Å². The lowest BCUT2D eigenvalue weighted by molar-refractivity contribution is -0.113. The Hall–Kier alpha value is -3.31. The zero-order chi connectivity index (χ0) is 22.0. The van der Waals surface area contributed by atoms with Crippen molar-refractivity contribution in [3.05, 3.63) is 54.9 Å². The Morgan fingerprint density at radius 1 is 1.03 bits per heavy atom. The number of hydrogen-bond donors (Lipinski definition) is 1. The molecule has 0 fully saturated rings. The van der Waals surface area contributed by atoms with E-state index in [0.717, 1.165) is 0 Å². The van der Waals surface area contributed by atoms with E-state index >= 15 is 0 Å². The van der Waals surface area contributed by atoms with Crippen LogP contribution in [0, 0.1) is 0 Å². The normalized spacial score (nSPS) is 13.2. The smallest absolute Gasteiger partial charge is 0.264 e. The molecule has 0 unspecified atom stereocenters. The maximum absolute atomic E-state index is 12.9. The van der Waals surface area contributed by atoms with Crippen LogP contribution in [-0.4, -0.2) is 44.2 Å². The molecule has 0 bridgehead atoms. The summed E-state index contributed by atoms with van der Waals surface area (Å²) in [5.41, 5.74) is 0.878. The van der Waals surface area contributed by atoms with Crippen molar-refractivity contribution in [2.75, 3.05) is 29.5 Å². The maximum Gasteiger partial charge on any atom is 0.264 e. The molecule has 31 heavy (non-hydrogen) atoms. The molecule has 160 valence electrons. The van der Waals surface area contributed by atoms with Gasteiger partial charge in [-0.1, -0.05) is 11.8 Å². The molecule has 0 aliphatic carbocycles. The van der Waals surface area contributed by atoms with Gasteiger partial charge in [0.25, 0.3) is 10.0 Å². The van der Waals surface area contributed by atoms with Gasteiger partial charge in [0.05, 0.1) is 23.4 Å². The molecule has 0 saturated carbocycles. The number of carbonyl (C=O) groups excluding carboxylic acids is 1. The number of sulfonamides is 1. The number of aromatic nitrogens is 2. The van der Waals surface area contributed by atoms with Crippen LogP contribution in [0.5, 0.6) is 17.4 Å².